The van der Waals surface area contributed by atoms with Crippen LogP contribution in [0.4, 0.5) is 0 Å². The lowest BCUT2D eigenvalue weighted by Crippen LogP contribution is -2.57. The van der Waals surface area contributed by atoms with Crippen LogP contribution in [0.2, 0.25) is 0 Å². The number of nitrogens with zero attached hydrogens (tertiary/aromatic N) is 1. The minimum Gasteiger partial charge on any atom is -0.497 e. The number of benzene rings is 1. The van der Waals surface area contributed by atoms with Crippen LogP contribution in [0.5, 0.6) is 5.75 Å². The third kappa shape index (κ3) is 4.08. The second-order valence-corrected chi connectivity index (χ2v) is 7.03. The topological polar surface area (TPSA) is 61.8 Å². The molecule has 132 valence electrons. The summed E-state index contributed by atoms with van der Waals surface area (Å²) < 4.78 is 5.18. The first kappa shape index (κ1) is 17.2. The van der Waals surface area contributed by atoms with Gasteiger partial charge in [0.1, 0.15) is 5.75 Å². The third-order valence-corrected chi connectivity index (χ3v) is 5.43. The Balaban J connectivity index is 1.47. The molecule has 2 aliphatic rings. The van der Waals surface area contributed by atoms with Crippen LogP contribution in [-0.2, 0) is 11.3 Å². The van der Waals surface area contributed by atoms with E-state index in [1.165, 1.54) is 5.56 Å². The molecule has 1 saturated heterocycles. The lowest BCUT2D eigenvalue weighted by Gasteiger charge is -2.41. The molecule has 1 saturated carbocycles. The number of amides is 1. The first-order valence-corrected chi connectivity index (χ1v) is 8.98. The maximum Gasteiger partial charge on any atom is 0.237 e. The monoisotopic (exact) mass is 332 g/mol. The number of hydrogen-bond donors (Lipinski definition) is 2. The Hall–Kier alpha value is -1.59. The number of carbonyl (C=O) groups excluding carboxylic acids is 1. The molecule has 1 heterocycles. The number of aliphatic hydroxyl groups is 1. The van der Waals surface area contributed by atoms with Gasteiger partial charge in [0.05, 0.1) is 13.2 Å². The van der Waals surface area contributed by atoms with E-state index in [4.69, 9.17) is 4.74 Å². The summed E-state index contributed by atoms with van der Waals surface area (Å²) in [5.74, 6) is 1.45. The van der Waals surface area contributed by atoms with Crippen LogP contribution in [0.3, 0.4) is 0 Å². The molecule has 5 heteroatoms. The summed E-state index contributed by atoms with van der Waals surface area (Å²) >= 11 is 0. The molecular weight excluding hydrogens is 304 g/mol. The highest BCUT2D eigenvalue weighted by molar-refractivity contribution is 5.82. The van der Waals surface area contributed by atoms with E-state index in [1.807, 2.05) is 12.1 Å². The van der Waals surface area contributed by atoms with Crippen molar-refractivity contribution in [2.45, 2.75) is 50.7 Å². The van der Waals surface area contributed by atoms with Crippen LogP contribution in [-0.4, -0.2) is 48.3 Å². The predicted octanol–water partition coefficient (Wildman–Crippen LogP) is 1.94. The molecule has 0 bridgehead atoms. The van der Waals surface area contributed by atoms with E-state index in [0.29, 0.717) is 5.92 Å². The molecule has 1 aromatic rings. The first-order valence-electron chi connectivity index (χ1n) is 8.98. The van der Waals surface area contributed by atoms with E-state index < -0.39 is 0 Å². The molecule has 1 amide bonds. The second-order valence-electron chi connectivity index (χ2n) is 7.03. The van der Waals surface area contributed by atoms with Gasteiger partial charge in [-0.3, -0.25) is 9.69 Å². The summed E-state index contributed by atoms with van der Waals surface area (Å²) in [6.45, 7) is 2.06. The maximum atomic E-state index is 12.5. The predicted molar refractivity (Wildman–Crippen MR) is 92.8 cm³/mol. The van der Waals surface area contributed by atoms with Crippen molar-refractivity contribution in [3.63, 3.8) is 0 Å². The second kappa shape index (κ2) is 7.99. The molecule has 1 aliphatic heterocycles. The fourth-order valence-electron chi connectivity index (χ4n) is 3.68. The van der Waals surface area contributed by atoms with E-state index in [-0.39, 0.29) is 24.6 Å². The van der Waals surface area contributed by atoms with Crippen LogP contribution >= 0.6 is 0 Å². The average Bonchev–Trinajstić information content (AvgIpc) is 2.60. The fourth-order valence-corrected chi connectivity index (χ4v) is 3.68. The van der Waals surface area contributed by atoms with Gasteiger partial charge in [-0.15, -0.1) is 0 Å². The zero-order chi connectivity index (χ0) is 16.9. The molecule has 3 rings (SSSR count). The summed E-state index contributed by atoms with van der Waals surface area (Å²) in [6.07, 6.45) is 4.95. The van der Waals surface area contributed by atoms with Gasteiger partial charge >= 0.3 is 0 Å². The fraction of sp³-hybridized carbons (Fsp3) is 0.632. The van der Waals surface area contributed by atoms with Crippen molar-refractivity contribution in [3.8, 4) is 5.75 Å². The van der Waals surface area contributed by atoms with Gasteiger partial charge in [-0.25, -0.2) is 0 Å². The lowest BCUT2D eigenvalue weighted by atomic mass is 9.86. The number of methoxy groups -OCH3 is 1. The van der Waals surface area contributed by atoms with E-state index in [2.05, 4.69) is 22.3 Å². The van der Waals surface area contributed by atoms with E-state index in [9.17, 15) is 9.90 Å². The Morgan fingerprint density at radius 1 is 1.21 bits per heavy atom. The summed E-state index contributed by atoms with van der Waals surface area (Å²) in [4.78, 5) is 14.8. The number of rotatable bonds is 6. The van der Waals surface area contributed by atoms with Crippen molar-refractivity contribution in [1.29, 1.82) is 0 Å². The van der Waals surface area contributed by atoms with Gasteiger partial charge in [0.15, 0.2) is 0 Å². The molecule has 0 spiro atoms. The third-order valence-electron chi connectivity index (χ3n) is 5.43. The van der Waals surface area contributed by atoms with Crippen molar-refractivity contribution in [2.75, 3.05) is 20.3 Å². The van der Waals surface area contributed by atoms with Crippen molar-refractivity contribution in [3.05, 3.63) is 29.8 Å². The number of carbonyl (C=O) groups is 1. The Morgan fingerprint density at radius 2 is 1.92 bits per heavy atom. The van der Waals surface area contributed by atoms with Gasteiger partial charge in [-0.2, -0.15) is 0 Å². The number of hydrogen-bond acceptors (Lipinski definition) is 4. The van der Waals surface area contributed by atoms with Crippen LogP contribution < -0.4 is 10.1 Å². The smallest absolute Gasteiger partial charge is 0.237 e. The molecule has 0 radical (unpaired) electrons. The van der Waals surface area contributed by atoms with Crippen molar-refractivity contribution in [2.24, 2.45) is 5.92 Å². The van der Waals surface area contributed by atoms with E-state index in [1.54, 1.807) is 7.11 Å². The summed E-state index contributed by atoms with van der Waals surface area (Å²) in [5.41, 5.74) is 1.21. The highest BCUT2D eigenvalue weighted by atomic mass is 16.5. The Morgan fingerprint density at radius 3 is 2.46 bits per heavy atom. The minimum atomic E-state index is 0.00247. The van der Waals surface area contributed by atoms with Gasteiger partial charge in [0, 0.05) is 25.7 Å². The van der Waals surface area contributed by atoms with Gasteiger partial charge in [-0.1, -0.05) is 12.1 Å². The molecule has 1 atom stereocenters. The van der Waals surface area contributed by atoms with Crippen LogP contribution in [0.1, 0.15) is 37.7 Å². The van der Waals surface area contributed by atoms with Crippen LogP contribution in [0.25, 0.3) is 0 Å². The standard InChI is InChI=1S/C19H28N2O3/c1-24-17-8-4-14(5-9-17)12-21-11-10-18(21)19(23)20-16-6-2-15(13-22)3-7-16/h4-5,8-9,15-16,18,22H,2-3,6-7,10-13H2,1H3,(H,20,23). The van der Waals surface area contributed by atoms with Gasteiger partial charge < -0.3 is 15.2 Å². The Bertz CT molecular complexity index is 538. The first-order chi connectivity index (χ1) is 11.7. The number of aliphatic hydroxyl groups excluding tert-OH is 1. The molecule has 2 fully saturated rings. The van der Waals surface area contributed by atoms with Gasteiger partial charge in [0.2, 0.25) is 5.91 Å². The normalized spacial score (nSPS) is 27.3. The summed E-state index contributed by atoms with van der Waals surface area (Å²) in [7, 11) is 1.67. The number of likely N-dealkylation sites (tertiary alicyclic amines) is 1. The van der Waals surface area contributed by atoms with Crippen molar-refractivity contribution in [1.82, 2.24) is 10.2 Å². The van der Waals surface area contributed by atoms with Gasteiger partial charge in [-0.05, 0) is 55.7 Å². The highest BCUT2D eigenvalue weighted by Crippen LogP contribution is 2.26. The van der Waals surface area contributed by atoms with Gasteiger partial charge in [0.25, 0.3) is 0 Å². The maximum absolute atomic E-state index is 12.5. The molecule has 5 nitrogen and oxygen atoms in total. The van der Waals surface area contributed by atoms with E-state index >= 15 is 0 Å². The zero-order valence-electron chi connectivity index (χ0n) is 14.4. The summed E-state index contributed by atoms with van der Waals surface area (Å²) in [6, 6.07) is 8.32. The molecule has 1 aliphatic carbocycles. The quantitative estimate of drug-likeness (QED) is 0.836. The molecule has 24 heavy (non-hydrogen) atoms. The Kier molecular flexibility index (Phi) is 5.74. The highest BCUT2D eigenvalue weighted by Gasteiger charge is 2.35. The minimum absolute atomic E-state index is 0.00247. The lowest BCUT2D eigenvalue weighted by molar-refractivity contribution is -0.132. The summed E-state index contributed by atoms with van der Waals surface area (Å²) in [5, 5.41) is 12.4. The molecule has 0 aromatic heterocycles. The average molecular weight is 332 g/mol. The zero-order valence-corrected chi connectivity index (χ0v) is 14.4. The molecule has 1 unspecified atom stereocenters. The Labute approximate surface area is 144 Å². The molecular formula is C19H28N2O3. The SMILES string of the molecule is COc1ccc(CN2CCC2C(=O)NC2CCC(CO)CC2)cc1. The van der Waals surface area contributed by atoms with Crippen LogP contribution in [0, 0.1) is 5.92 Å². The largest absolute Gasteiger partial charge is 0.497 e. The number of ether oxygens (including phenoxy) is 1. The van der Waals surface area contributed by atoms with Crippen LogP contribution in [0.15, 0.2) is 24.3 Å². The van der Waals surface area contributed by atoms with Crippen molar-refractivity contribution < 1.29 is 14.6 Å². The van der Waals surface area contributed by atoms with Crippen molar-refractivity contribution >= 4 is 5.91 Å². The molecule has 2 N–H and O–H groups in total. The van der Waals surface area contributed by atoms with E-state index in [0.717, 1.165) is 50.9 Å². The molecule has 1 aromatic carbocycles. The number of nitrogens with one attached hydrogen (secondary N) is 1.